The number of hydrogen-bond acceptors (Lipinski definition) is 5. The van der Waals surface area contributed by atoms with Crippen molar-refractivity contribution in [3.8, 4) is 5.75 Å². The van der Waals surface area contributed by atoms with Crippen molar-refractivity contribution in [1.82, 2.24) is 0 Å². The number of anilines is 1. The Balaban J connectivity index is 1.53. The smallest absolute Gasteiger partial charge is 0.341 e. The molecule has 0 spiro atoms. The number of hydrogen-bond donors (Lipinski definition) is 1. The Morgan fingerprint density at radius 3 is 2.78 bits per heavy atom. The standard InChI is InChI=1S/C21H25NO4S/c1-13-9-10-16(14(2)12-13)26-11-5-8-18(23)22-20-19(21(24)25-3)15-6-4-7-17(15)27-20/h9-10,12H,4-8,11H2,1-3H3,(H,22,23). The lowest BCUT2D eigenvalue weighted by atomic mass is 10.1. The van der Waals surface area contributed by atoms with E-state index in [9.17, 15) is 9.59 Å². The summed E-state index contributed by atoms with van der Waals surface area (Å²) in [5.74, 6) is 0.371. The minimum absolute atomic E-state index is 0.107. The summed E-state index contributed by atoms with van der Waals surface area (Å²) in [7, 11) is 1.37. The molecule has 1 aromatic carbocycles. The van der Waals surface area contributed by atoms with E-state index >= 15 is 0 Å². The Morgan fingerprint density at radius 2 is 2.04 bits per heavy atom. The van der Waals surface area contributed by atoms with Crippen LogP contribution >= 0.6 is 11.3 Å². The summed E-state index contributed by atoms with van der Waals surface area (Å²) in [6, 6.07) is 6.05. The molecule has 0 radical (unpaired) electrons. The molecule has 5 nitrogen and oxygen atoms in total. The van der Waals surface area contributed by atoms with Crippen molar-refractivity contribution in [1.29, 1.82) is 0 Å². The molecule has 0 unspecified atom stereocenters. The summed E-state index contributed by atoms with van der Waals surface area (Å²) in [6.45, 7) is 4.53. The van der Waals surface area contributed by atoms with Crippen molar-refractivity contribution in [3.05, 3.63) is 45.3 Å². The van der Waals surface area contributed by atoms with Crippen LogP contribution in [0.25, 0.3) is 0 Å². The van der Waals surface area contributed by atoms with Crippen molar-refractivity contribution >= 4 is 28.2 Å². The summed E-state index contributed by atoms with van der Waals surface area (Å²) in [6.07, 6.45) is 3.83. The van der Waals surface area contributed by atoms with Crippen molar-refractivity contribution in [2.75, 3.05) is 19.0 Å². The summed E-state index contributed by atoms with van der Waals surface area (Å²) < 4.78 is 10.7. The highest BCUT2D eigenvalue weighted by Crippen LogP contribution is 2.39. The zero-order chi connectivity index (χ0) is 19.4. The van der Waals surface area contributed by atoms with E-state index in [4.69, 9.17) is 9.47 Å². The third-order valence-corrected chi connectivity index (χ3v) is 5.91. The SMILES string of the molecule is COC(=O)c1c(NC(=O)CCCOc2ccc(C)cc2C)sc2c1CCC2. The zero-order valence-electron chi connectivity index (χ0n) is 16.0. The lowest BCUT2D eigenvalue weighted by Gasteiger charge is -2.10. The number of amides is 1. The van der Waals surface area contributed by atoms with Crippen molar-refractivity contribution < 1.29 is 19.1 Å². The highest BCUT2D eigenvalue weighted by Gasteiger charge is 2.27. The highest BCUT2D eigenvalue weighted by molar-refractivity contribution is 7.17. The van der Waals surface area contributed by atoms with Gasteiger partial charge in [0.05, 0.1) is 19.3 Å². The van der Waals surface area contributed by atoms with Gasteiger partial charge in [0.2, 0.25) is 5.91 Å². The average molecular weight is 388 g/mol. The number of aryl methyl sites for hydroxylation is 3. The molecule has 1 aromatic heterocycles. The maximum Gasteiger partial charge on any atom is 0.341 e. The Hall–Kier alpha value is -2.34. The normalized spacial score (nSPS) is 12.6. The van der Waals surface area contributed by atoms with E-state index in [1.807, 2.05) is 26.0 Å². The molecular weight excluding hydrogens is 362 g/mol. The van der Waals surface area contributed by atoms with Gasteiger partial charge < -0.3 is 14.8 Å². The van der Waals surface area contributed by atoms with E-state index in [1.54, 1.807) is 0 Å². The molecule has 27 heavy (non-hydrogen) atoms. The van der Waals surface area contributed by atoms with Crippen LogP contribution in [0.2, 0.25) is 0 Å². The van der Waals surface area contributed by atoms with Crippen LogP contribution in [0.1, 0.15) is 51.2 Å². The van der Waals surface area contributed by atoms with Gasteiger partial charge >= 0.3 is 5.97 Å². The number of nitrogens with one attached hydrogen (secondary N) is 1. The molecule has 0 fully saturated rings. The molecule has 6 heteroatoms. The monoisotopic (exact) mass is 387 g/mol. The van der Waals surface area contributed by atoms with Crippen molar-refractivity contribution in [2.24, 2.45) is 0 Å². The Labute approximate surface area is 163 Å². The lowest BCUT2D eigenvalue weighted by Crippen LogP contribution is -2.15. The molecule has 3 rings (SSSR count). The first-order valence-electron chi connectivity index (χ1n) is 9.22. The highest BCUT2D eigenvalue weighted by atomic mass is 32.1. The van der Waals surface area contributed by atoms with Gasteiger partial charge in [-0.3, -0.25) is 4.79 Å². The van der Waals surface area contributed by atoms with Gasteiger partial charge in [0, 0.05) is 11.3 Å². The van der Waals surface area contributed by atoms with Crippen LogP contribution in [-0.2, 0) is 22.4 Å². The van der Waals surface area contributed by atoms with Gasteiger partial charge in [-0.2, -0.15) is 0 Å². The van der Waals surface area contributed by atoms with Gasteiger partial charge in [0.1, 0.15) is 10.8 Å². The van der Waals surface area contributed by atoms with Crippen LogP contribution in [-0.4, -0.2) is 25.6 Å². The van der Waals surface area contributed by atoms with Crippen LogP contribution in [0.15, 0.2) is 18.2 Å². The minimum Gasteiger partial charge on any atom is -0.493 e. The molecule has 1 amide bonds. The van der Waals surface area contributed by atoms with E-state index < -0.39 is 0 Å². The third-order valence-electron chi connectivity index (χ3n) is 4.70. The predicted molar refractivity (Wildman–Crippen MR) is 107 cm³/mol. The number of carbonyl (C=O) groups excluding carboxylic acids is 2. The molecule has 0 saturated carbocycles. The van der Waals surface area contributed by atoms with Crippen LogP contribution in [0.4, 0.5) is 5.00 Å². The first-order chi connectivity index (χ1) is 13.0. The molecule has 1 aliphatic rings. The number of methoxy groups -OCH3 is 1. The van der Waals surface area contributed by atoms with E-state index in [1.165, 1.54) is 28.9 Å². The fourth-order valence-corrected chi connectivity index (χ4v) is 4.67. The molecule has 0 aliphatic heterocycles. The molecule has 2 aromatic rings. The maximum absolute atomic E-state index is 12.3. The number of ether oxygens (including phenoxy) is 2. The molecule has 1 aliphatic carbocycles. The van der Waals surface area contributed by atoms with Gasteiger partial charge in [-0.1, -0.05) is 17.7 Å². The molecule has 144 valence electrons. The van der Waals surface area contributed by atoms with E-state index in [-0.39, 0.29) is 11.9 Å². The number of benzene rings is 1. The van der Waals surface area contributed by atoms with E-state index in [2.05, 4.69) is 11.4 Å². The third kappa shape index (κ3) is 4.50. The summed E-state index contributed by atoms with van der Waals surface area (Å²) in [5, 5.41) is 3.51. The first-order valence-corrected chi connectivity index (χ1v) is 10.0. The number of thiophene rings is 1. The van der Waals surface area contributed by atoms with Crippen LogP contribution < -0.4 is 10.1 Å². The quantitative estimate of drug-likeness (QED) is 0.564. The fraction of sp³-hybridized carbons (Fsp3) is 0.429. The number of rotatable bonds is 7. The van der Waals surface area contributed by atoms with Gasteiger partial charge in [-0.25, -0.2) is 4.79 Å². The molecule has 0 atom stereocenters. The minimum atomic E-state index is -0.372. The molecular formula is C21H25NO4S. The number of fused-ring (bicyclic) bond motifs is 1. The second kappa shape index (κ2) is 8.57. The molecule has 1 heterocycles. The van der Waals surface area contributed by atoms with Gasteiger partial charge in [0.15, 0.2) is 0 Å². The summed E-state index contributed by atoms with van der Waals surface area (Å²) in [5.41, 5.74) is 3.87. The summed E-state index contributed by atoms with van der Waals surface area (Å²) in [4.78, 5) is 25.6. The molecule has 1 N–H and O–H groups in total. The Morgan fingerprint density at radius 1 is 1.22 bits per heavy atom. The summed E-state index contributed by atoms with van der Waals surface area (Å²) >= 11 is 1.50. The maximum atomic E-state index is 12.3. The fourth-order valence-electron chi connectivity index (χ4n) is 3.38. The average Bonchev–Trinajstić information content (AvgIpc) is 3.20. The van der Waals surface area contributed by atoms with Crippen LogP contribution in [0.5, 0.6) is 5.75 Å². The second-order valence-electron chi connectivity index (χ2n) is 6.82. The zero-order valence-corrected chi connectivity index (χ0v) is 16.8. The van der Waals surface area contributed by atoms with Crippen LogP contribution in [0, 0.1) is 13.8 Å². The van der Waals surface area contributed by atoms with Crippen molar-refractivity contribution in [3.63, 3.8) is 0 Å². The number of esters is 1. The lowest BCUT2D eigenvalue weighted by molar-refractivity contribution is -0.116. The molecule has 0 saturated heterocycles. The van der Waals surface area contributed by atoms with Gasteiger partial charge in [-0.05, 0) is 56.7 Å². The Bertz CT molecular complexity index is 856. The first kappa shape index (κ1) is 19.4. The largest absolute Gasteiger partial charge is 0.493 e. The van der Waals surface area contributed by atoms with Crippen LogP contribution in [0.3, 0.4) is 0 Å². The van der Waals surface area contributed by atoms with Crippen molar-refractivity contribution in [2.45, 2.75) is 46.0 Å². The predicted octanol–water partition coefficient (Wildman–Crippen LogP) is 4.44. The topological polar surface area (TPSA) is 64.6 Å². The van der Waals surface area contributed by atoms with E-state index in [0.29, 0.717) is 30.0 Å². The van der Waals surface area contributed by atoms with Gasteiger partial charge in [-0.15, -0.1) is 11.3 Å². The Kier molecular flexibility index (Phi) is 6.16. The van der Waals surface area contributed by atoms with Gasteiger partial charge in [0.25, 0.3) is 0 Å². The number of carbonyl (C=O) groups is 2. The molecule has 0 bridgehead atoms. The second-order valence-corrected chi connectivity index (χ2v) is 7.93. The van der Waals surface area contributed by atoms with E-state index in [0.717, 1.165) is 36.1 Å².